The lowest BCUT2D eigenvalue weighted by molar-refractivity contribution is 0.303. The number of nitrogens with two attached hydrogens (primary N) is 1. The van der Waals surface area contributed by atoms with Gasteiger partial charge in [-0.1, -0.05) is 24.3 Å². The number of para-hydroxylation sites is 2. The second-order valence-electron chi connectivity index (χ2n) is 6.43. The van der Waals surface area contributed by atoms with E-state index < -0.39 is 0 Å². The van der Waals surface area contributed by atoms with Crippen LogP contribution in [0.5, 0.6) is 5.75 Å². The molecule has 0 aliphatic rings. The molecule has 2 N–H and O–H groups in total. The number of nitrogens with zero attached hydrogens (tertiary/aromatic N) is 2. The SMILES string of the molecule is Cc1cccc(OCCCCn2c(CCCN)nc3ccccc32)c1. The highest BCUT2D eigenvalue weighted by Crippen LogP contribution is 2.18. The van der Waals surface area contributed by atoms with Gasteiger partial charge < -0.3 is 15.0 Å². The second-order valence-corrected chi connectivity index (χ2v) is 6.43. The topological polar surface area (TPSA) is 53.1 Å². The van der Waals surface area contributed by atoms with Crippen molar-refractivity contribution in [3.8, 4) is 5.75 Å². The molecule has 0 unspecified atom stereocenters. The Morgan fingerprint density at radius 3 is 2.76 bits per heavy atom. The van der Waals surface area contributed by atoms with Crippen LogP contribution in [0.3, 0.4) is 0 Å². The molecule has 1 aromatic heterocycles. The molecule has 4 nitrogen and oxygen atoms in total. The van der Waals surface area contributed by atoms with Crippen LogP contribution in [0.1, 0.15) is 30.7 Å². The molecule has 0 aliphatic carbocycles. The Balaban J connectivity index is 1.56. The number of imidazole rings is 1. The van der Waals surface area contributed by atoms with Gasteiger partial charge in [0.15, 0.2) is 0 Å². The van der Waals surface area contributed by atoms with Gasteiger partial charge in [0.25, 0.3) is 0 Å². The minimum atomic E-state index is 0.702. The smallest absolute Gasteiger partial charge is 0.119 e. The minimum absolute atomic E-state index is 0.702. The van der Waals surface area contributed by atoms with Crippen LogP contribution in [-0.4, -0.2) is 22.7 Å². The van der Waals surface area contributed by atoms with Gasteiger partial charge >= 0.3 is 0 Å². The lowest BCUT2D eigenvalue weighted by Gasteiger charge is -2.10. The van der Waals surface area contributed by atoms with E-state index in [0.29, 0.717) is 6.54 Å². The van der Waals surface area contributed by atoms with Crippen LogP contribution in [0.15, 0.2) is 48.5 Å². The average molecular weight is 337 g/mol. The van der Waals surface area contributed by atoms with Crippen molar-refractivity contribution in [1.29, 1.82) is 0 Å². The summed E-state index contributed by atoms with van der Waals surface area (Å²) in [4.78, 5) is 4.78. The zero-order chi connectivity index (χ0) is 17.5. The summed E-state index contributed by atoms with van der Waals surface area (Å²) in [6.07, 6.45) is 4.00. The van der Waals surface area contributed by atoms with Crippen LogP contribution < -0.4 is 10.5 Å². The zero-order valence-corrected chi connectivity index (χ0v) is 14.9. The number of hydrogen-bond acceptors (Lipinski definition) is 3. The maximum Gasteiger partial charge on any atom is 0.119 e. The van der Waals surface area contributed by atoms with Crippen LogP contribution >= 0.6 is 0 Å². The predicted molar refractivity (Wildman–Crippen MR) is 103 cm³/mol. The first kappa shape index (κ1) is 17.5. The maximum atomic E-state index is 5.85. The molecule has 2 aromatic carbocycles. The van der Waals surface area contributed by atoms with Gasteiger partial charge in [-0.25, -0.2) is 4.98 Å². The van der Waals surface area contributed by atoms with E-state index in [4.69, 9.17) is 15.5 Å². The van der Waals surface area contributed by atoms with Crippen molar-refractivity contribution >= 4 is 11.0 Å². The van der Waals surface area contributed by atoms with E-state index in [0.717, 1.165) is 55.9 Å². The van der Waals surface area contributed by atoms with Crippen LogP contribution in [0, 0.1) is 6.92 Å². The first-order chi connectivity index (χ1) is 12.3. The summed E-state index contributed by atoms with van der Waals surface area (Å²) in [6.45, 7) is 4.50. The molecule has 132 valence electrons. The average Bonchev–Trinajstić information content (AvgIpc) is 2.97. The van der Waals surface area contributed by atoms with Crippen LogP contribution in [0.2, 0.25) is 0 Å². The fourth-order valence-corrected chi connectivity index (χ4v) is 3.09. The van der Waals surface area contributed by atoms with Crippen molar-refractivity contribution < 1.29 is 4.74 Å². The van der Waals surface area contributed by atoms with Crippen molar-refractivity contribution in [2.24, 2.45) is 5.73 Å². The minimum Gasteiger partial charge on any atom is -0.494 e. The van der Waals surface area contributed by atoms with Crippen molar-refractivity contribution in [2.45, 2.75) is 39.2 Å². The van der Waals surface area contributed by atoms with E-state index in [2.05, 4.69) is 41.8 Å². The van der Waals surface area contributed by atoms with Crippen molar-refractivity contribution in [2.75, 3.05) is 13.2 Å². The summed E-state index contributed by atoms with van der Waals surface area (Å²) in [6, 6.07) is 16.6. The Morgan fingerprint density at radius 2 is 1.92 bits per heavy atom. The first-order valence-corrected chi connectivity index (χ1v) is 9.11. The highest BCUT2D eigenvalue weighted by molar-refractivity contribution is 5.75. The fraction of sp³-hybridized carbons (Fsp3) is 0.381. The van der Waals surface area contributed by atoms with Gasteiger partial charge in [0, 0.05) is 13.0 Å². The highest BCUT2D eigenvalue weighted by Gasteiger charge is 2.09. The summed E-state index contributed by atoms with van der Waals surface area (Å²) in [5.41, 5.74) is 9.19. The number of aromatic nitrogens is 2. The van der Waals surface area contributed by atoms with Crippen molar-refractivity contribution in [3.05, 3.63) is 59.9 Å². The summed E-state index contributed by atoms with van der Waals surface area (Å²) in [5.74, 6) is 2.10. The third-order valence-electron chi connectivity index (χ3n) is 4.37. The standard InChI is InChI=1S/C21H27N3O/c1-17-8-6-9-18(16-17)25-15-5-4-14-24-20-11-3-2-10-19(20)23-21(24)12-7-13-22/h2-3,6,8-11,16H,4-5,7,12-15,22H2,1H3. The molecule has 0 saturated heterocycles. The normalized spacial score (nSPS) is 11.1. The molecular weight excluding hydrogens is 310 g/mol. The van der Waals surface area contributed by atoms with Crippen LogP contribution in [-0.2, 0) is 13.0 Å². The third kappa shape index (κ3) is 4.60. The third-order valence-corrected chi connectivity index (χ3v) is 4.37. The molecule has 0 amide bonds. The summed E-state index contributed by atoms with van der Waals surface area (Å²) in [5, 5.41) is 0. The van der Waals surface area contributed by atoms with Gasteiger partial charge in [-0.15, -0.1) is 0 Å². The largest absolute Gasteiger partial charge is 0.494 e. The number of fused-ring (bicyclic) bond motifs is 1. The van der Waals surface area contributed by atoms with Gasteiger partial charge in [-0.2, -0.15) is 0 Å². The number of benzene rings is 2. The van der Waals surface area contributed by atoms with E-state index in [1.54, 1.807) is 0 Å². The molecule has 3 rings (SSSR count). The monoisotopic (exact) mass is 337 g/mol. The van der Waals surface area contributed by atoms with Gasteiger partial charge in [-0.3, -0.25) is 0 Å². The molecule has 1 heterocycles. The van der Waals surface area contributed by atoms with Crippen LogP contribution in [0.4, 0.5) is 0 Å². The van der Waals surface area contributed by atoms with E-state index in [9.17, 15) is 0 Å². The molecule has 0 radical (unpaired) electrons. The van der Waals surface area contributed by atoms with Crippen LogP contribution in [0.25, 0.3) is 11.0 Å². The number of unbranched alkanes of at least 4 members (excludes halogenated alkanes) is 1. The molecule has 0 fully saturated rings. The quantitative estimate of drug-likeness (QED) is 0.598. The van der Waals surface area contributed by atoms with Crippen molar-refractivity contribution in [3.63, 3.8) is 0 Å². The van der Waals surface area contributed by atoms with Gasteiger partial charge in [0.2, 0.25) is 0 Å². The zero-order valence-electron chi connectivity index (χ0n) is 14.9. The second kappa shape index (κ2) is 8.67. The molecule has 4 heteroatoms. The number of ether oxygens (including phenoxy) is 1. The molecule has 0 spiro atoms. The fourth-order valence-electron chi connectivity index (χ4n) is 3.09. The van der Waals surface area contributed by atoms with Gasteiger partial charge in [0.1, 0.15) is 11.6 Å². The van der Waals surface area contributed by atoms with Gasteiger partial charge in [-0.05, 0) is 62.6 Å². The molecule has 25 heavy (non-hydrogen) atoms. The van der Waals surface area contributed by atoms with E-state index in [-0.39, 0.29) is 0 Å². The first-order valence-electron chi connectivity index (χ1n) is 9.11. The van der Waals surface area contributed by atoms with Gasteiger partial charge in [0.05, 0.1) is 17.6 Å². The van der Waals surface area contributed by atoms with E-state index in [1.165, 1.54) is 11.1 Å². The lowest BCUT2D eigenvalue weighted by atomic mass is 10.2. The summed E-state index contributed by atoms with van der Waals surface area (Å²) in [7, 11) is 0. The Hall–Kier alpha value is -2.33. The Bertz CT molecular complexity index is 810. The molecular formula is C21H27N3O. The summed E-state index contributed by atoms with van der Waals surface area (Å²) >= 11 is 0. The Morgan fingerprint density at radius 1 is 1.04 bits per heavy atom. The molecule has 0 aliphatic heterocycles. The van der Waals surface area contributed by atoms with E-state index in [1.807, 2.05) is 18.2 Å². The molecule has 0 bridgehead atoms. The molecule has 0 saturated carbocycles. The lowest BCUT2D eigenvalue weighted by Crippen LogP contribution is -2.08. The Kier molecular flexibility index (Phi) is 6.07. The number of rotatable bonds is 9. The molecule has 0 atom stereocenters. The maximum absolute atomic E-state index is 5.85. The summed E-state index contributed by atoms with van der Waals surface area (Å²) < 4.78 is 8.19. The van der Waals surface area contributed by atoms with Crippen molar-refractivity contribution in [1.82, 2.24) is 9.55 Å². The molecule has 3 aromatic rings. The highest BCUT2D eigenvalue weighted by atomic mass is 16.5. The number of hydrogen-bond donors (Lipinski definition) is 1. The Labute approximate surface area is 149 Å². The van der Waals surface area contributed by atoms with E-state index >= 15 is 0 Å². The predicted octanol–water partition coefficient (Wildman–Crippen LogP) is 4.10. The number of aryl methyl sites for hydroxylation is 3.